The third kappa shape index (κ3) is 10.1. The molecule has 1 aliphatic rings. The lowest BCUT2D eigenvalue weighted by molar-refractivity contribution is -0.151. The number of thioether (sulfide) groups is 1. The maximum atomic E-state index is 12.5. The number of aliphatic imine (C=N–C) groups is 1. The molecule has 0 saturated carbocycles. The van der Waals surface area contributed by atoms with Crippen LogP contribution in [0, 0.1) is 5.92 Å². The summed E-state index contributed by atoms with van der Waals surface area (Å²) in [5, 5.41) is 0.379. The van der Waals surface area contributed by atoms with Gasteiger partial charge in [0, 0.05) is 11.9 Å². The number of hydrogen-bond donors (Lipinski definition) is 0. The van der Waals surface area contributed by atoms with Gasteiger partial charge in [0.2, 0.25) is 0 Å². The molecule has 2 heterocycles. The molecule has 0 fully saturated rings. The molecular formula is C22H33N3O4S. The van der Waals surface area contributed by atoms with E-state index in [1.807, 2.05) is 6.08 Å². The SMILES string of the molecule is CCCCCCCCCCC=CC(CC(=O)OC1=NCCS1)C(=O)On1ccnc1. The third-order valence-electron chi connectivity index (χ3n) is 4.72. The number of unbranched alkanes of at least 4 members (excludes halogenated alkanes) is 8. The zero-order valence-corrected chi connectivity index (χ0v) is 18.6. The molecule has 0 spiro atoms. The van der Waals surface area contributed by atoms with Crippen molar-refractivity contribution < 1.29 is 19.2 Å². The minimum atomic E-state index is -0.707. The number of ether oxygens (including phenoxy) is 1. The molecule has 2 rings (SSSR count). The van der Waals surface area contributed by atoms with E-state index in [0.29, 0.717) is 11.8 Å². The lowest BCUT2D eigenvalue weighted by atomic mass is 10.0. The fraction of sp³-hybridized carbons (Fsp3) is 0.636. The number of imidazole rings is 1. The number of aromatic nitrogens is 2. The Labute approximate surface area is 183 Å². The monoisotopic (exact) mass is 435 g/mol. The highest BCUT2D eigenvalue weighted by Crippen LogP contribution is 2.16. The van der Waals surface area contributed by atoms with Crippen molar-refractivity contribution in [3.63, 3.8) is 0 Å². The molecule has 1 aliphatic heterocycles. The van der Waals surface area contributed by atoms with Crippen molar-refractivity contribution in [2.75, 3.05) is 12.3 Å². The maximum Gasteiger partial charge on any atom is 0.340 e. The molecule has 0 aromatic carbocycles. The molecule has 7 nitrogen and oxygen atoms in total. The predicted molar refractivity (Wildman–Crippen MR) is 119 cm³/mol. The fourth-order valence-corrected chi connectivity index (χ4v) is 3.75. The molecule has 30 heavy (non-hydrogen) atoms. The van der Waals surface area contributed by atoms with Gasteiger partial charge in [0.1, 0.15) is 6.33 Å². The number of esters is 1. The summed E-state index contributed by atoms with van der Waals surface area (Å²) >= 11 is 1.41. The zero-order valence-electron chi connectivity index (χ0n) is 17.8. The van der Waals surface area contributed by atoms with Crippen LogP contribution < -0.4 is 4.84 Å². The van der Waals surface area contributed by atoms with Crippen molar-refractivity contribution in [2.45, 2.75) is 71.1 Å². The van der Waals surface area contributed by atoms with Gasteiger partial charge in [-0.2, -0.15) is 4.73 Å². The Bertz CT molecular complexity index is 689. The highest BCUT2D eigenvalue weighted by atomic mass is 32.2. The van der Waals surface area contributed by atoms with Crippen LogP contribution in [-0.4, -0.2) is 39.2 Å². The second-order valence-electron chi connectivity index (χ2n) is 7.31. The van der Waals surface area contributed by atoms with Gasteiger partial charge in [0.05, 0.1) is 25.1 Å². The smallest absolute Gasteiger partial charge is 0.340 e. The lowest BCUT2D eigenvalue weighted by Gasteiger charge is -2.11. The third-order valence-corrected chi connectivity index (χ3v) is 5.56. The van der Waals surface area contributed by atoms with Gasteiger partial charge in [0.25, 0.3) is 5.23 Å². The van der Waals surface area contributed by atoms with Gasteiger partial charge in [-0.3, -0.25) is 4.79 Å². The molecule has 0 radical (unpaired) electrons. The van der Waals surface area contributed by atoms with E-state index in [0.717, 1.165) is 18.6 Å². The Hall–Kier alpha value is -2.09. The standard InChI is InChI=1S/C22H33N3O4S/c1-2-3-4-5-6-7-8-9-10-11-12-19(21(27)29-25-15-13-23-18-25)17-20(26)28-22-24-14-16-30-22/h11-13,15,18-19H,2-10,14,16-17H2,1H3. The van der Waals surface area contributed by atoms with Gasteiger partial charge in [-0.05, 0) is 12.8 Å². The van der Waals surface area contributed by atoms with Crippen LogP contribution in [0.3, 0.4) is 0 Å². The number of hydrogen-bond acceptors (Lipinski definition) is 7. The van der Waals surface area contributed by atoms with Crippen molar-refractivity contribution in [3.05, 3.63) is 30.9 Å². The Morgan fingerprint density at radius 3 is 2.63 bits per heavy atom. The molecule has 8 heteroatoms. The number of rotatable bonds is 14. The van der Waals surface area contributed by atoms with E-state index in [-0.39, 0.29) is 6.42 Å². The van der Waals surface area contributed by atoms with Gasteiger partial charge in [-0.1, -0.05) is 75.8 Å². The number of carbonyl (C=O) groups excluding carboxylic acids is 2. The van der Waals surface area contributed by atoms with Gasteiger partial charge < -0.3 is 9.57 Å². The molecule has 0 saturated heterocycles. The minimum Gasteiger partial charge on any atom is -0.401 e. The minimum absolute atomic E-state index is 0.0823. The van der Waals surface area contributed by atoms with E-state index in [4.69, 9.17) is 9.57 Å². The largest absolute Gasteiger partial charge is 0.401 e. The highest BCUT2D eigenvalue weighted by Gasteiger charge is 2.24. The Kier molecular flexibility index (Phi) is 11.9. The fourth-order valence-electron chi connectivity index (χ4n) is 3.05. The van der Waals surface area contributed by atoms with E-state index < -0.39 is 17.9 Å². The molecule has 1 unspecified atom stereocenters. The van der Waals surface area contributed by atoms with Crippen molar-refractivity contribution in [3.8, 4) is 0 Å². The van der Waals surface area contributed by atoms with Gasteiger partial charge in [-0.25, -0.2) is 14.8 Å². The van der Waals surface area contributed by atoms with Crippen LogP contribution in [0.25, 0.3) is 0 Å². The predicted octanol–water partition coefficient (Wildman–Crippen LogP) is 4.58. The van der Waals surface area contributed by atoms with Crippen LogP contribution in [0.1, 0.15) is 71.1 Å². The maximum absolute atomic E-state index is 12.5. The van der Waals surface area contributed by atoms with Crippen LogP contribution >= 0.6 is 11.8 Å². The quantitative estimate of drug-likeness (QED) is 0.242. The molecular weight excluding hydrogens is 402 g/mol. The van der Waals surface area contributed by atoms with E-state index in [2.05, 4.69) is 16.9 Å². The van der Waals surface area contributed by atoms with Gasteiger partial charge >= 0.3 is 11.9 Å². The lowest BCUT2D eigenvalue weighted by Crippen LogP contribution is -2.28. The molecule has 166 valence electrons. The summed E-state index contributed by atoms with van der Waals surface area (Å²) in [6.07, 6.45) is 19.0. The van der Waals surface area contributed by atoms with E-state index in [9.17, 15) is 9.59 Å². The number of nitrogens with zero attached hydrogens (tertiary/aromatic N) is 3. The summed E-state index contributed by atoms with van der Waals surface area (Å²) in [5.74, 6) is -0.890. The molecule has 1 aromatic heterocycles. The van der Waals surface area contributed by atoms with Crippen molar-refractivity contribution >= 4 is 28.9 Å². The van der Waals surface area contributed by atoms with Gasteiger partial charge in [0.15, 0.2) is 0 Å². The van der Waals surface area contributed by atoms with Crippen LogP contribution in [0.2, 0.25) is 0 Å². The van der Waals surface area contributed by atoms with Crippen LogP contribution in [0.5, 0.6) is 0 Å². The van der Waals surface area contributed by atoms with Crippen LogP contribution in [0.4, 0.5) is 0 Å². The second kappa shape index (κ2) is 14.8. The summed E-state index contributed by atoms with van der Waals surface area (Å²) in [6.45, 7) is 2.88. The van der Waals surface area contributed by atoms with Gasteiger partial charge in [-0.15, -0.1) is 0 Å². The highest BCUT2D eigenvalue weighted by molar-refractivity contribution is 8.13. The van der Waals surface area contributed by atoms with Crippen molar-refractivity contribution in [1.82, 2.24) is 9.71 Å². The Balaban J connectivity index is 1.75. The summed E-state index contributed by atoms with van der Waals surface area (Å²) in [4.78, 5) is 37.9. The first-order chi connectivity index (χ1) is 14.7. The van der Waals surface area contributed by atoms with E-state index in [1.54, 1.807) is 6.08 Å². The average Bonchev–Trinajstić information content (AvgIpc) is 3.42. The number of carbonyl (C=O) groups is 2. The number of allylic oxidation sites excluding steroid dienone is 1. The van der Waals surface area contributed by atoms with Crippen molar-refractivity contribution in [2.24, 2.45) is 10.9 Å². The topological polar surface area (TPSA) is 82.8 Å². The molecule has 0 N–H and O–H groups in total. The van der Waals surface area contributed by atoms with E-state index in [1.165, 1.54) is 80.2 Å². The summed E-state index contributed by atoms with van der Waals surface area (Å²) < 4.78 is 6.47. The first-order valence-electron chi connectivity index (χ1n) is 10.9. The summed E-state index contributed by atoms with van der Waals surface area (Å²) in [7, 11) is 0. The zero-order chi connectivity index (χ0) is 21.4. The van der Waals surface area contributed by atoms with Crippen LogP contribution in [-0.2, 0) is 14.3 Å². The van der Waals surface area contributed by atoms with Crippen LogP contribution in [0.15, 0.2) is 35.9 Å². The van der Waals surface area contributed by atoms with E-state index >= 15 is 0 Å². The first kappa shape index (κ1) is 24.2. The average molecular weight is 436 g/mol. The molecule has 1 atom stereocenters. The Morgan fingerprint density at radius 2 is 1.97 bits per heavy atom. The normalized spacial score (nSPS) is 14.6. The first-order valence-corrected chi connectivity index (χ1v) is 11.9. The summed E-state index contributed by atoms with van der Waals surface area (Å²) in [5.41, 5.74) is 0. The molecule has 0 bridgehead atoms. The Morgan fingerprint density at radius 1 is 1.20 bits per heavy atom. The molecule has 0 aliphatic carbocycles. The van der Waals surface area contributed by atoms with Crippen molar-refractivity contribution in [1.29, 1.82) is 0 Å². The summed E-state index contributed by atoms with van der Waals surface area (Å²) in [6, 6.07) is 0. The molecule has 1 aromatic rings. The molecule has 0 amide bonds. The second-order valence-corrected chi connectivity index (χ2v) is 8.35.